The van der Waals surface area contributed by atoms with Gasteiger partial charge in [0.1, 0.15) is 11.6 Å². The van der Waals surface area contributed by atoms with Crippen molar-refractivity contribution in [2.24, 2.45) is 5.92 Å². The van der Waals surface area contributed by atoms with E-state index in [1.165, 1.54) is 34.9 Å². The standard InChI is InChI=1S/C24H27ClFN3O6/c1-13(2)23(33)29(8-4-10-35-14(3)30)21-16-7-9-28(12-15-5-6-18(26)17(25)11-15)24(34)19(16)20(31)22(32)27-21/h5-6,11,13,31H,4,7-10,12H2,1-3H3,(H,27,32). The number of anilines is 1. The first-order valence-electron chi connectivity index (χ1n) is 11.2. The van der Waals surface area contributed by atoms with Gasteiger partial charge in [0, 0.05) is 38.0 Å². The Morgan fingerprint density at radius 3 is 2.66 bits per heavy atom. The number of rotatable bonds is 8. The van der Waals surface area contributed by atoms with Crippen LogP contribution in [-0.2, 0) is 27.3 Å². The summed E-state index contributed by atoms with van der Waals surface area (Å²) in [4.78, 5) is 55.3. The van der Waals surface area contributed by atoms with Crippen LogP contribution in [-0.4, -0.2) is 52.5 Å². The highest BCUT2D eigenvalue weighted by molar-refractivity contribution is 6.30. The summed E-state index contributed by atoms with van der Waals surface area (Å²) in [5.74, 6) is -2.93. The second-order valence-corrected chi connectivity index (χ2v) is 8.98. The predicted octanol–water partition coefficient (Wildman–Crippen LogP) is 3.01. The molecule has 0 spiro atoms. The summed E-state index contributed by atoms with van der Waals surface area (Å²) in [5.41, 5.74) is -0.146. The van der Waals surface area contributed by atoms with Gasteiger partial charge in [0.25, 0.3) is 11.5 Å². The number of nitrogens with zero attached hydrogens (tertiary/aromatic N) is 2. The summed E-state index contributed by atoms with van der Waals surface area (Å²) in [6.07, 6.45) is 0.558. The van der Waals surface area contributed by atoms with Crippen LogP contribution in [0.3, 0.4) is 0 Å². The van der Waals surface area contributed by atoms with Gasteiger partial charge >= 0.3 is 5.97 Å². The zero-order valence-electron chi connectivity index (χ0n) is 19.7. The SMILES string of the molecule is CC(=O)OCCCN(C(=O)C(C)C)c1[nH]c(=O)c(O)c2c1CCN(Cc1ccc(F)c(Cl)c1)C2=O. The summed E-state index contributed by atoms with van der Waals surface area (Å²) < 4.78 is 18.4. The summed E-state index contributed by atoms with van der Waals surface area (Å²) >= 11 is 5.85. The Bertz CT molecular complexity index is 1210. The molecule has 0 unspecified atom stereocenters. The first-order valence-corrected chi connectivity index (χ1v) is 11.5. The summed E-state index contributed by atoms with van der Waals surface area (Å²) in [6, 6.07) is 4.11. The fourth-order valence-electron chi connectivity index (χ4n) is 3.92. The Hall–Kier alpha value is -3.40. The number of amides is 2. The number of benzene rings is 1. The molecule has 1 aromatic carbocycles. The number of hydrogen-bond donors (Lipinski definition) is 2. The number of ether oxygens (including phenoxy) is 1. The van der Waals surface area contributed by atoms with Gasteiger partial charge in [-0.05, 0) is 30.5 Å². The minimum absolute atomic E-state index is 0.0780. The number of H-pyrrole nitrogens is 1. The normalized spacial score (nSPS) is 13.1. The average Bonchev–Trinajstić information content (AvgIpc) is 2.79. The maximum Gasteiger partial charge on any atom is 0.302 e. The van der Waals surface area contributed by atoms with Crippen LogP contribution in [0, 0.1) is 11.7 Å². The van der Waals surface area contributed by atoms with E-state index in [0.29, 0.717) is 17.5 Å². The van der Waals surface area contributed by atoms with Gasteiger partial charge in [0.15, 0.2) is 5.75 Å². The number of fused-ring (bicyclic) bond motifs is 1. The van der Waals surface area contributed by atoms with Crippen LogP contribution < -0.4 is 10.5 Å². The third-order valence-electron chi connectivity index (χ3n) is 5.62. The van der Waals surface area contributed by atoms with Crippen molar-refractivity contribution in [1.82, 2.24) is 9.88 Å². The van der Waals surface area contributed by atoms with Gasteiger partial charge in [-0.2, -0.15) is 0 Å². The molecule has 0 saturated heterocycles. The topological polar surface area (TPSA) is 120 Å². The van der Waals surface area contributed by atoms with E-state index in [9.17, 15) is 28.7 Å². The van der Waals surface area contributed by atoms with E-state index in [1.807, 2.05) is 0 Å². The lowest BCUT2D eigenvalue weighted by atomic mass is 9.97. The minimum Gasteiger partial charge on any atom is -0.502 e. The fraction of sp³-hybridized carbons (Fsp3) is 0.417. The van der Waals surface area contributed by atoms with Crippen molar-refractivity contribution in [3.63, 3.8) is 0 Å². The van der Waals surface area contributed by atoms with Gasteiger partial charge < -0.3 is 19.7 Å². The molecule has 3 rings (SSSR count). The highest BCUT2D eigenvalue weighted by Crippen LogP contribution is 2.32. The quantitative estimate of drug-likeness (QED) is 0.418. The van der Waals surface area contributed by atoms with Crippen molar-refractivity contribution in [2.45, 2.75) is 40.2 Å². The monoisotopic (exact) mass is 507 g/mol. The molecular formula is C24H27ClFN3O6. The number of aromatic amines is 1. The molecule has 2 amide bonds. The highest BCUT2D eigenvalue weighted by atomic mass is 35.5. The van der Waals surface area contributed by atoms with Crippen LogP contribution in [0.1, 0.15) is 48.7 Å². The van der Waals surface area contributed by atoms with E-state index in [-0.39, 0.29) is 55.0 Å². The molecule has 1 aromatic heterocycles. The molecule has 0 fully saturated rings. The van der Waals surface area contributed by atoms with E-state index in [4.69, 9.17) is 16.3 Å². The van der Waals surface area contributed by atoms with Crippen molar-refractivity contribution in [1.29, 1.82) is 0 Å². The van der Waals surface area contributed by atoms with Crippen LogP contribution in [0.2, 0.25) is 5.02 Å². The van der Waals surface area contributed by atoms with Crippen molar-refractivity contribution in [3.05, 3.63) is 56.1 Å². The highest BCUT2D eigenvalue weighted by Gasteiger charge is 2.34. The number of pyridine rings is 1. The van der Waals surface area contributed by atoms with Gasteiger partial charge in [-0.3, -0.25) is 24.1 Å². The van der Waals surface area contributed by atoms with E-state index in [2.05, 4.69) is 4.98 Å². The molecule has 35 heavy (non-hydrogen) atoms. The maximum atomic E-state index is 13.5. The molecule has 0 radical (unpaired) electrons. The van der Waals surface area contributed by atoms with Crippen molar-refractivity contribution in [3.8, 4) is 5.75 Å². The molecule has 2 N–H and O–H groups in total. The second kappa shape index (κ2) is 10.9. The summed E-state index contributed by atoms with van der Waals surface area (Å²) in [5, 5.41) is 10.4. The average molecular weight is 508 g/mol. The molecule has 11 heteroatoms. The Balaban J connectivity index is 1.96. The van der Waals surface area contributed by atoms with E-state index >= 15 is 0 Å². The third-order valence-corrected chi connectivity index (χ3v) is 5.91. The number of carbonyl (C=O) groups excluding carboxylic acids is 3. The zero-order chi connectivity index (χ0) is 25.9. The van der Waals surface area contributed by atoms with Crippen molar-refractivity contribution in [2.75, 3.05) is 24.6 Å². The lowest BCUT2D eigenvalue weighted by molar-refractivity contribution is -0.140. The van der Waals surface area contributed by atoms with Gasteiger partial charge in [-0.25, -0.2) is 4.39 Å². The van der Waals surface area contributed by atoms with Crippen LogP contribution in [0.5, 0.6) is 5.75 Å². The Kier molecular flexibility index (Phi) is 8.16. The summed E-state index contributed by atoms with van der Waals surface area (Å²) in [7, 11) is 0. The molecule has 0 aliphatic carbocycles. The molecule has 0 bridgehead atoms. The van der Waals surface area contributed by atoms with Gasteiger partial charge in [0.05, 0.1) is 17.2 Å². The predicted molar refractivity (Wildman–Crippen MR) is 127 cm³/mol. The number of nitrogens with one attached hydrogen (secondary N) is 1. The van der Waals surface area contributed by atoms with Crippen LogP contribution in [0.25, 0.3) is 0 Å². The Morgan fingerprint density at radius 2 is 2.03 bits per heavy atom. The van der Waals surface area contributed by atoms with Crippen LogP contribution >= 0.6 is 11.6 Å². The molecule has 1 aliphatic heterocycles. The smallest absolute Gasteiger partial charge is 0.302 e. The first kappa shape index (κ1) is 26.2. The van der Waals surface area contributed by atoms with Crippen LogP contribution in [0.4, 0.5) is 10.2 Å². The minimum atomic E-state index is -0.902. The Morgan fingerprint density at radius 1 is 1.31 bits per heavy atom. The molecule has 188 valence electrons. The third kappa shape index (κ3) is 5.82. The van der Waals surface area contributed by atoms with Gasteiger partial charge in [0.2, 0.25) is 5.91 Å². The lowest BCUT2D eigenvalue weighted by Gasteiger charge is -2.33. The van der Waals surface area contributed by atoms with Crippen molar-refractivity contribution >= 4 is 35.2 Å². The second-order valence-electron chi connectivity index (χ2n) is 8.57. The zero-order valence-corrected chi connectivity index (χ0v) is 20.4. The lowest BCUT2D eigenvalue weighted by Crippen LogP contribution is -2.42. The largest absolute Gasteiger partial charge is 0.502 e. The molecule has 0 saturated carbocycles. The number of carbonyl (C=O) groups is 3. The number of esters is 1. The molecule has 0 atom stereocenters. The molecule has 2 aromatic rings. The van der Waals surface area contributed by atoms with E-state index in [0.717, 1.165) is 0 Å². The molecule has 9 nitrogen and oxygen atoms in total. The van der Waals surface area contributed by atoms with Gasteiger partial charge in [-0.1, -0.05) is 31.5 Å². The molecule has 2 heterocycles. The fourth-order valence-corrected chi connectivity index (χ4v) is 4.12. The van der Waals surface area contributed by atoms with Crippen molar-refractivity contribution < 1.29 is 28.6 Å². The molecule has 1 aliphatic rings. The molecular weight excluding hydrogens is 481 g/mol. The van der Waals surface area contributed by atoms with E-state index < -0.39 is 34.9 Å². The van der Waals surface area contributed by atoms with Crippen LogP contribution in [0.15, 0.2) is 23.0 Å². The summed E-state index contributed by atoms with van der Waals surface area (Å²) in [6.45, 7) is 5.22. The first-order chi connectivity index (χ1) is 16.5. The number of aromatic nitrogens is 1. The maximum absolute atomic E-state index is 13.5. The van der Waals surface area contributed by atoms with Gasteiger partial charge in [-0.15, -0.1) is 0 Å². The number of hydrogen-bond acceptors (Lipinski definition) is 6. The number of halogens is 2. The van der Waals surface area contributed by atoms with E-state index in [1.54, 1.807) is 13.8 Å². The number of aromatic hydroxyl groups is 1. The Labute approximate surface area is 206 Å².